The first-order valence-electron chi connectivity index (χ1n) is 6.27. The summed E-state index contributed by atoms with van der Waals surface area (Å²) in [6.45, 7) is 3.38. The van der Waals surface area contributed by atoms with Crippen LogP contribution >= 0.6 is 15.9 Å². The van der Waals surface area contributed by atoms with Crippen LogP contribution in [0.25, 0.3) is 0 Å². The van der Waals surface area contributed by atoms with Gasteiger partial charge in [-0.3, -0.25) is 9.59 Å². The molecule has 0 spiro atoms. The SMILES string of the molecule is CC(=O)Nc1ccc(C)c(NC(=O)CCCCBr)c1. The van der Waals surface area contributed by atoms with Gasteiger partial charge in [-0.2, -0.15) is 0 Å². The molecule has 0 aliphatic heterocycles. The number of alkyl halides is 1. The fourth-order valence-corrected chi connectivity index (χ4v) is 2.03. The van der Waals surface area contributed by atoms with Gasteiger partial charge >= 0.3 is 0 Å². The number of aryl methyl sites for hydroxylation is 1. The van der Waals surface area contributed by atoms with Gasteiger partial charge < -0.3 is 10.6 Å². The summed E-state index contributed by atoms with van der Waals surface area (Å²) in [6.07, 6.45) is 2.36. The Labute approximate surface area is 122 Å². The monoisotopic (exact) mass is 326 g/mol. The lowest BCUT2D eigenvalue weighted by Gasteiger charge is -2.11. The molecule has 0 unspecified atom stereocenters. The van der Waals surface area contributed by atoms with Gasteiger partial charge in [0.05, 0.1) is 0 Å². The lowest BCUT2D eigenvalue weighted by atomic mass is 10.1. The van der Waals surface area contributed by atoms with Crippen LogP contribution in [0.1, 0.15) is 31.7 Å². The van der Waals surface area contributed by atoms with Gasteiger partial charge in [-0.05, 0) is 37.5 Å². The maximum absolute atomic E-state index is 11.8. The summed E-state index contributed by atoms with van der Waals surface area (Å²) in [6, 6.07) is 5.47. The Morgan fingerprint density at radius 1 is 1.21 bits per heavy atom. The first kappa shape index (κ1) is 15.7. The predicted molar refractivity (Wildman–Crippen MR) is 81.8 cm³/mol. The van der Waals surface area contributed by atoms with Gasteiger partial charge in [0, 0.05) is 30.0 Å². The highest BCUT2D eigenvalue weighted by atomic mass is 79.9. The number of rotatable bonds is 6. The average molecular weight is 327 g/mol. The molecule has 0 aliphatic carbocycles. The van der Waals surface area contributed by atoms with Crippen LogP contribution in [0.4, 0.5) is 11.4 Å². The highest BCUT2D eigenvalue weighted by Crippen LogP contribution is 2.20. The Kier molecular flexibility index (Phi) is 6.56. The Hall–Kier alpha value is -1.36. The van der Waals surface area contributed by atoms with Crippen LogP contribution in [0.2, 0.25) is 0 Å². The molecule has 0 saturated heterocycles. The van der Waals surface area contributed by atoms with Crippen molar-refractivity contribution in [2.45, 2.75) is 33.1 Å². The fourth-order valence-electron chi connectivity index (χ4n) is 1.63. The van der Waals surface area contributed by atoms with E-state index in [1.54, 1.807) is 6.07 Å². The number of anilines is 2. The van der Waals surface area contributed by atoms with Crippen molar-refractivity contribution in [3.63, 3.8) is 0 Å². The van der Waals surface area contributed by atoms with Crippen LogP contribution in [-0.4, -0.2) is 17.1 Å². The van der Waals surface area contributed by atoms with Gasteiger partial charge in [0.1, 0.15) is 0 Å². The van der Waals surface area contributed by atoms with Crippen LogP contribution < -0.4 is 10.6 Å². The molecule has 19 heavy (non-hydrogen) atoms. The van der Waals surface area contributed by atoms with Crippen molar-refractivity contribution in [1.82, 2.24) is 0 Å². The summed E-state index contributed by atoms with van der Waals surface area (Å²) >= 11 is 3.34. The van der Waals surface area contributed by atoms with Gasteiger partial charge in [0.15, 0.2) is 0 Å². The van der Waals surface area contributed by atoms with E-state index in [0.29, 0.717) is 12.1 Å². The third-order valence-corrected chi connectivity index (χ3v) is 3.18. The van der Waals surface area contributed by atoms with E-state index in [1.807, 2.05) is 19.1 Å². The third kappa shape index (κ3) is 5.87. The number of amides is 2. The minimum Gasteiger partial charge on any atom is -0.326 e. The van der Waals surface area contributed by atoms with E-state index in [9.17, 15) is 9.59 Å². The van der Waals surface area contributed by atoms with Crippen molar-refractivity contribution in [1.29, 1.82) is 0 Å². The average Bonchev–Trinajstić information content (AvgIpc) is 2.33. The van der Waals surface area contributed by atoms with Crippen molar-refractivity contribution in [3.05, 3.63) is 23.8 Å². The third-order valence-electron chi connectivity index (χ3n) is 2.62. The molecule has 1 aromatic carbocycles. The molecule has 104 valence electrons. The molecule has 0 aromatic heterocycles. The van der Waals surface area contributed by atoms with Gasteiger partial charge in [0.2, 0.25) is 11.8 Å². The molecule has 1 aromatic rings. The topological polar surface area (TPSA) is 58.2 Å². The summed E-state index contributed by atoms with van der Waals surface area (Å²) in [7, 11) is 0. The van der Waals surface area contributed by atoms with Gasteiger partial charge in [-0.25, -0.2) is 0 Å². The van der Waals surface area contributed by atoms with E-state index in [2.05, 4.69) is 26.6 Å². The highest BCUT2D eigenvalue weighted by molar-refractivity contribution is 9.09. The van der Waals surface area contributed by atoms with Crippen molar-refractivity contribution >= 4 is 39.1 Å². The molecule has 0 aliphatic rings. The normalized spacial score (nSPS) is 10.1. The van der Waals surface area contributed by atoms with Crippen molar-refractivity contribution in [2.75, 3.05) is 16.0 Å². The Morgan fingerprint density at radius 2 is 1.95 bits per heavy atom. The highest BCUT2D eigenvalue weighted by Gasteiger charge is 2.06. The van der Waals surface area contributed by atoms with E-state index >= 15 is 0 Å². The predicted octanol–water partition coefficient (Wildman–Crippen LogP) is 3.46. The minimum atomic E-state index is -0.126. The molecule has 0 bridgehead atoms. The molecule has 0 atom stereocenters. The molecule has 2 N–H and O–H groups in total. The second-order valence-corrected chi connectivity index (χ2v) is 5.20. The zero-order valence-electron chi connectivity index (χ0n) is 11.3. The van der Waals surface area contributed by atoms with Crippen molar-refractivity contribution in [2.24, 2.45) is 0 Å². The largest absolute Gasteiger partial charge is 0.326 e. The Balaban J connectivity index is 2.65. The van der Waals surface area contributed by atoms with Gasteiger partial charge in [-0.15, -0.1) is 0 Å². The number of nitrogens with one attached hydrogen (secondary N) is 2. The number of halogens is 1. The number of carbonyl (C=O) groups is 2. The molecule has 1 rings (SSSR count). The van der Waals surface area contributed by atoms with Crippen LogP contribution in [0, 0.1) is 6.92 Å². The molecule has 2 amide bonds. The van der Waals surface area contributed by atoms with E-state index in [0.717, 1.165) is 29.4 Å². The number of unbranched alkanes of at least 4 members (excludes halogenated alkanes) is 1. The fraction of sp³-hybridized carbons (Fsp3) is 0.429. The summed E-state index contributed by atoms with van der Waals surface area (Å²) in [5, 5.41) is 6.49. The van der Waals surface area contributed by atoms with Gasteiger partial charge in [-0.1, -0.05) is 22.0 Å². The summed E-state index contributed by atoms with van der Waals surface area (Å²) in [4.78, 5) is 22.8. The van der Waals surface area contributed by atoms with Crippen molar-refractivity contribution < 1.29 is 9.59 Å². The molecular weight excluding hydrogens is 308 g/mol. The first-order chi connectivity index (χ1) is 9.02. The maximum Gasteiger partial charge on any atom is 0.224 e. The molecule has 0 fully saturated rings. The zero-order chi connectivity index (χ0) is 14.3. The minimum absolute atomic E-state index is 0.00373. The van der Waals surface area contributed by atoms with E-state index < -0.39 is 0 Å². The number of benzene rings is 1. The van der Waals surface area contributed by atoms with E-state index in [-0.39, 0.29) is 11.8 Å². The summed E-state index contributed by atoms with van der Waals surface area (Å²) in [5.41, 5.74) is 2.41. The van der Waals surface area contributed by atoms with Crippen LogP contribution in [0.5, 0.6) is 0 Å². The lowest BCUT2D eigenvalue weighted by Crippen LogP contribution is -2.13. The maximum atomic E-state index is 11.8. The van der Waals surface area contributed by atoms with E-state index in [4.69, 9.17) is 0 Å². The molecular formula is C14H19BrN2O2. The van der Waals surface area contributed by atoms with Crippen LogP contribution in [-0.2, 0) is 9.59 Å². The Bertz CT molecular complexity index is 461. The molecule has 5 heteroatoms. The smallest absolute Gasteiger partial charge is 0.224 e. The summed E-state index contributed by atoms with van der Waals surface area (Å²) < 4.78 is 0. The second-order valence-electron chi connectivity index (χ2n) is 4.41. The second kappa shape index (κ2) is 7.94. The van der Waals surface area contributed by atoms with Crippen LogP contribution in [0.15, 0.2) is 18.2 Å². The number of hydrogen-bond acceptors (Lipinski definition) is 2. The van der Waals surface area contributed by atoms with Crippen molar-refractivity contribution in [3.8, 4) is 0 Å². The van der Waals surface area contributed by atoms with Gasteiger partial charge in [0.25, 0.3) is 0 Å². The molecule has 4 nitrogen and oxygen atoms in total. The number of hydrogen-bond donors (Lipinski definition) is 2. The Morgan fingerprint density at radius 3 is 2.58 bits per heavy atom. The number of carbonyl (C=O) groups excluding carboxylic acids is 2. The van der Waals surface area contributed by atoms with E-state index in [1.165, 1.54) is 6.92 Å². The molecule has 0 radical (unpaired) electrons. The lowest BCUT2D eigenvalue weighted by molar-refractivity contribution is -0.116. The molecule has 0 saturated carbocycles. The standard InChI is InChI=1S/C14H19BrN2O2/c1-10-6-7-12(16-11(2)18)9-13(10)17-14(19)5-3-4-8-15/h6-7,9H,3-5,8H2,1-2H3,(H,16,18)(H,17,19). The summed E-state index contributed by atoms with van der Waals surface area (Å²) in [5.74, 6) is -0.123. The first-order valence-corrected chi connectivity index (χ1v) is 7.39. The van der Waals surface area contributed by atoms with Crippen LogP contribution in [0.3, 0.4) is 0 Å². The molecule has 0 heterocycles. The quantitative estimate of drug-likeness (QED) is 0.621. The zero-order valence-corrected chi connectivity index (χ0v) is 12.8.